The molecule has 0 aliphatic carbocycles. The summed E-state index contributed by atoms with van der Waals surface area (Å²) in [5, 5.41) is 10.2. The molecule has 0 fully saturated rings. The lowest BCUT2D eigenvalue weighted by molar-refractivity contribution is -0.0735. The maximum atomic E-state index is 9.11. The molecule has 0 bridgehead atoms. The molecule has 0 radical (unpaired) electrons. The summed E-state index contributed by atoms with van der Waals surface area (Å²) in [5.74, 6) is 1.13. The highest BCUT2D eigenvalue weighted by atomic mass is 16.5. The maximum absolute atomic E-state index is 9.11. The normalized spacial score (nSPS) is 10.4. The average Bonchev–Trinajstić information content (AvgIpc) is 2.16. The number of nitrogens with zero attached hydrogens (tertiary/aromatic N) is 2. The molecule has 1 rings (SSSR count). The first-order chi connectivity index (χ1) is 6.67. The molecule has 5 heteroatoms. The van der Waals surface area contributed by atoms with Crippen molar-refractivity contribution in [2.45, 2.75) is 6.54 Å². The number of aromatic nitrogens is 1. The van der Waals surface area contributed by atoms with Gasteiger partial charge in [0.2, 0.25) is 5.88 Å². The van der Waals surface area contributed by atoms with Crippen LogP contribution in [0, 0.1) is 0 Å². The van der Waals surface area contributed by atoms with Crippen LogP contribution in [0.4, 0.5) is 0 Å². The Hall–Kier alpha value is -1.33. The van der Waals surface area contributed by atoms with Crippen LogP contribution in [-0.2, 0) is 6.54 Å². The highest BCUT2D eigenvalue weighted by Crippen LogP contribution is 2.21. The molecule has 1 aromatic rings. The first-order valence-corrected chi connectivity index (χ1v) is 4.14. The minimum absolute atomic E-state index is 0.363. The fraction of sp³-hybridized carbons (Fsp3) is 0.444. The van der Waals surface area contributed by atoms with Gasteiger partial charge >= 0.3 is 0 Å². The van der Waals surface area contributed by atoms with Crippen LogP contribution in [0.1, 0.15) is 5.56 Å². The van der Waals surface area contributed by atoms with Crippen LogP contribution in [0.15, 0.2) is 12.3 Å². The van der Waals surface area contributed by atoms with Crippen molar-refractivity contribution in [1.29, 1.82) is 0 Å². The summed E-state index contributed by atoms with van der Waals surface area (Å²) in [6.07, 6.45) is 1.57. The van der Waals surface area contributed by atoms with Gasteiger partial charge in [-0.05, 0) is 0 Å². The second-order valence-corrected chi connectivity index (χ2v) is 2.85. The Bertz CT molecular complexity index is 302. The molecule has 0 aliphatic rings. The molecule has 1 aromatic heterocycles. The lowest BCUT2D eigenvalue weighted by Gasteiger charge is -2.12. The van der Waals surface area contributed by atoms with E-state index in [1.165, 1.54) is 0 Å². The van der Waals surface area contributed by atoms with Gasteiger partial charge in [0.05, 0.1) is 27.0 Å². The zero-order chi connectivity index (χ0) is 10.6. The molecule has 0 amide bonds. The highest BCUT2D eigenvalue weighted by molar-refractivity contribution is 5.34. The van der Waals surface area contributed by atoms with E-state index in [4.69, 9.17) is 14.7 Å². The topological polar surface area (TPSA) is 54.8 Å². The van der Waals surface area contributed by atoms with Crippen LogP contribution < -0.4 is 9.47 Å². The molecule has 1 N–H and O–H groups in total. The van der Waals surface area contributed by atoms with Gasteiger partial charge in [0, 0.05) is 18.7 Å². The molecule has 0 aromatic carbocycles. The highest BCUT2D eigenvalue weighted by Gasteiger charge is 2.07. The lowest BCUT2D eigenvalue weighted by Crippen LogP contribution is -2.12. The van der Waals surface area contributed by atoms with Crippen LogP contribution in [0.3, 0.4) is 0 Å². The van der Waals surface area contributed by atoms with Gasteiger partial charge in [0.25, 0.3) is 0 Å². The summed E-state index contributed by atoms with van der Waals surface area (Å²) >= 11 is 0. The van der Waals surface area contributed by atoms with Crippen molar-refractivity contribution in [2.75, 3.05) is 21.3 Å². The van der Waals surface area contributed by atoms with Crippen LogP contribution in [0.2, 0.25) is 0 Å². The smallest absolute Gasteiger partial charge is 0.213 e. The quantitative estimate of drug-likeness (QED) is 0.729. The number of methoxy groups -OCH3 is 2. The van der Waals surface area contributed by atoms with E-state index in [2.05, 4.69) is 4.98 Å². The predicted molar refractivity (Wildman–Crippen MR) is 50.6 cm³/mol. The Labute approximate surface area is 82.8 Å². The third-order valence-electron chi connectivity index (χ3n) is 1.75. The van der Waals surface area contributed by atoms with Crippen LogP contribution in [0.5, 0.6) is 11.6 Å². The van der Waals surface area contributed by atoms with E-state index in [1.807, 2.05) is 0 Å². The second kappa shape index (κ2) is 4.78. The van der Waals surface area contributed by atoms with Crippen molar-refractivity contribution in [1.82, 2.24) is 10.0 Å². The first-order valence-electron chi connectivity index (χ1n) is 4.14. The second-order valence-electron chi connectivity index (χ2n) is 2.85. The Balaban J connectivity index is 2.96. The van der Waals surface area contributed by atoms with Gasteiger partial charge < -0.3 is 14.7 Å². The number of ether oxygens (including phenoxy) is 2. The van der Waals surface area contributed by atoms with Crippen molar-refractivity contribution in [3.05, 3.63) is 17.8 Å². The number of hydrogen-bond donors (Lipinski definition) is 1. The Morgan fingerprint density at radius 2 is 2.14 bits per heavy atom. The van der Waals surface area contributed by atoms with Crippen LogP contribution in [-0.4, -0.2) is 36.5 Å². The van der Waals surface area contributed by atoms with Gasteiger partial charge in [-0.2, -0.15) is 5.06 Å². The molecule has 0 saturated carbocycles. The summed E-state index contributed by atoms with van der Waals surface area (Å²) < 4.78 is 10.1. The van der Waals surface area contributed by atoms with Crippen molar-refractivity contribution in [3.63, 3.8) is 0 Å². The van der Waals surface area contributed by atoms with E-state index >= 15 is 0 Å². The van der Waals surface area contributed by atoms with Crippen LogP contribution >= 0.6 is 0 Å². The standard InChI is InChI=1S/C9H14N2O3/c1-11(12)6-7-4-9(14-3)10-5-8(7)13-2/h4-5,12H,6H2,1-3H3. The van der Waals surface area contributed by atoms with E-state index in [9.17, 15) is 0 Å². The van der Waals surface area contributed by atoms with Crippen molar-refractivity contribution in [2.24, 2.45) is 0 Å². The maximum Gasteiger partial charge on any atom is 0.213 e. The molecule has 0 saturated heterocycles. The lowest BCUT2D eigenvalue weighted by atomic mass is 10.2. The largest absolute Gasteiger partial charge is 0.495 e. The third kappa shape index (κ3) is 2.58. The molecule has 0 unspecified atom stereocenters. The monoisotopic (exact) mass is 198 g/mol. The molecule has 0 aliphatic heterocycles. The first kappa shape index (κ1) is 10.7. The summed E-state index contributed by atoms with van der Waals surface area (Å²) in [6, 6.07) is 1.73. The predicted octanol–water partition coefficient (Wildman–Crippen LogP) is 0.920. The number of hydroxylamine groups is 2. The van der Waals surface area contributed by atoms with E-state index < -0.39 is 0 Å². The third-order valence-corrected chi connectivity index (χ3v) is 1.75. The molecule has 0 atom stereocenters. The Morgan fingerprint density at radius 1 is 1.43 bits per heavy atom. The van der Waals surface area contributed by atoms with Gasteiger partial charge in [-0.3, -0.25) is 0 Å². The molecule has 1 heterocycles. The molecule has 5 nitrogen and oxygen atoms in total. The van der Waals surface area contributed by atoms with Gasteiger partial charge in [-0.25, -0.2) is 4.98 Å². The molecule has 78 valence electrons. The number of pyridine rings is 1. The minimum Gasteiger partial charge on any atom is -0.495 e. The van der Waals surface area contributed by atoms with Gasteiger partial charge in [-0.1, -0.05) is 0 Å². The van der Waals surface area contributed by atoms with Crippen molar-refractivity contribution in [3.8, 4) is 11.6 Å². The average molecular weight is 198 g/mol. The Morgan fingerprint density at radius 3 is 2.64 bits per heavy atom. The summed E-state index contributed by atoms with van der Waals surface area (Å²) in [6.45, 7) is 0.363. The van der Waals surface area contributed by atoms with Crippen LogP contribution in [0.25, 0.3) is 0 Å². The molecule has 0 spiro atoms. The number of hydrogen-bond acceptors (Lipinski definition) is 5. The van der Waals surface area contributed by atoms with Gasteiger partial charge in [0.1, 0.15) is 5.75 Å². The fourth-order valence-electron chi connectivity index (χ4n) is 1.13. The van der Waals surface area contributed by atoms with Crippen molar-refractivity contribution < 1.29 is 14.7 Å². The minimum atomic E-state index is 0.363. The van der Waals surface area contributed by atoms with Crippen molar-refractivity contribution >= 4 is 0 Å². The zero-order valence-electron chi connectivity index (χ0n) is 8.52. The van der Waals surface area contributed by atoms with E-state index in [0.29, 0.717) is 18.2 Å². The van der Waals surface area contributed by atoms with Gasteiger partial charge in [0.15, 0.2) is 0 Å². The SMILES string of the molecule is COc1cc(CN(C)O)c(OC)cn1. The number of rotatable bonds is 4. The molecular formula is C9H14N2O3. The summed E-state index contributed by atoms with van der Waals surface area (Å²) in [7, 11) is 4.66. The molecule has 14 heavy (non-hydrogen) atoms. The summed E-state index contributed by atoms with van der Waals surface area (Å²) in [4.78, 5) is 3.99. The zero-order valence-corrected chi connectivity index (χ0v) is 8.52. The Kier molecular flexibility index (Phi) is 3.67. The fourth-order valence-corrected chi connectivity index (χ4v) is 1.13. The summed E-state index contributed by atoms with van der Waals surface area (Å²) in [5.41, 5.74) is 0.823. The van der Waals surface area contributed by atoms with E-state index in [1.54, 1.807) is 33.5 Å². The van der Waals surface area contributed by atoms with E-state index in [-0.39, 0.29) is 0 Å². The van der Waals surface area contributed by atoms with Gasteiger partial charge in [-0.15, -0.1) is 0 Å². The van der Waals surface area contributed by atoms with E-state index in [0.717, 1.165) is 10.6 Å². The molecular weight excluding hydrogens is 184 g/mol.